The first-order valence-electron chi connectivity index (χ1n) is 8.36. The summed E-state index contributed by atoms with van der Waals surface area (Å²) in [5.41, 5.74) is -0.0692. The molecule has 3 heteroatoms. The predicted octanol–water partition coefficient (Wildman–Crippen LogP) is 3.37. The molecule has 20 heavy (non-hydrogen) atoms. The van der Waals surface area contributed by atoms with Gasteiger partial charge in [-0.3, -0.25) is 0 Å². The molecule has 0 saturated carbocycles. The molecule has 0 aliphatic carbocycles. The van der Waals surface area contributed by atoms with Gasteiger partial charge in [-0.15, -0.1) is 0 Å². The molecule has 2 heterocycles. The summed E-state index contributed by atoms with van der Waals surface area (Å²) in [6, 6.07) is 0.504. The lowest BCUT2D eigenvalue weighted by Gasteiger charge is -2.38. The third kappa shape index (κ3) is 3.20. The van der Waals surface area contributed by atoms with Crippen molar-refractivity contribution >= 4 is 0 Å². The van der Waals surface area contributed by atoms with Crippen molar-refractivity contribution in [3.05, 3.63) is 0 Å². The second kappa shape index (κ2) is 5.94. The van der Waals surface area contributed by atoms with Crippen LogP contribution in [0.3, 0.4) is 0 Å². The van der Waals surface area contributed by atoms with Crippen LogP contribution in [0.15, 0.2) is 0 Å². The van der Waals surface area contributed by atoms with Crippen LogP contribution in [0, 0.1) is 11.8 Å². The predicted molar refractivity (Wildman–Crippen MR) is 83.0 cm³/mol. The fourth-order valence-corrected chi connectivity index (χ4v) is 4.49. The zero-order valence-corrected chi connectivity index (χ0v) is 14.2. The highest BCUT2D eigenvalue weighted by molar-refractivity contribution is 5.03. The van der Waals surface area contributed by atoms with Crippen LogP contribution in [0.4, 0.5) is 0 Å². The van der Waals surface area contributed by atoms with Gasteiger partial charge in [0.25, 0.3) is 0 Å². The molecule has 2 saturated heterocycles. The van der Waals surface area contributed by atoms with Crippen LogP contribution in [0.1, 0.15) is 60.8 Å². The van der Waals surface area contributed by atoms with E-state index in [9.17, 15) is 0 Å². The molecule has 4 unspecified atom stereocenters. The third-order valence-electron chi connectivity index (χ3n) is 5.14. The van der Waals surface area contributed by atoms with E-state index in [4.69, 9.17) is 9.47 Å². The SMILES string of the molecule is CCNC(C1CCOC1CC)C1CC(C)(C)OC1(C)C. The van der Waals surface area contributed by atoms with Crippen LogP contribution >= 0.6 is 0 Å². The molecule has 118 valence electrons. The van der Waals surface area contributed by atoms with Crippen molar-refractivity contribution in [1.29, 1.82) is 0 Å². The van der Waals surface area contributed by atoms with E-state index in [-0.39, 0.29) is 11.2 Å². The summed E-state index contributed by atoms with van der Waals surface area (Å²) >= 11 is 0. The Labute approximate surface area is 124 Å². The van der Waals surface area contributed by atoms with Gasteiger partial charge < -0.3 is 14.8 Å². The van der Waals surface area contributed by atoms with Gasteiger partial charge in [-0.05, 0) is 53.5 Å². The smallest absolute Gasteiger partial charge is 0.0677 e. The molecule has 2 aliphatic heterocycles. The van der Waals surface area contributed by atoms with Crippen molar-refractivity contribution < 1.29 is 9.47 Å². The zero-order valence-electron chi connectivity index (χ0n) is 14.2. The molecular formula is C17H33NO2. The van der Waals surface area contributed by atoms with Crippen molar-refractivity contribution in [2.45, 2.75) is 84.2 Å². The first-order valence-corrected chi connectivity index (χ1v) is 8.36. The Morgan fingerprint density at radius 2 is 1.90 bits per heavy atom. The van der Waals surface area contributed by atoms with E-state index in [1.165, 1.54) is 6.42 Å². The molecule has 4 atom stereocenters. The van der Waals surface area contributed by atoms with Crippen LogP contribution in [-0.2, 0) is 9.47 Å². The first-order chi connectivity index (χ1) is 9.30. The molecule has 0 aromatic heterocycles. The second-order valence-electron chi connectivity index (χ2n) is 7.63. The average molecular weight is 283 g/mol. The monoisotopic (exact) mass is 283 g/mol. The Hall–Kier alpha value is -0.120. The molecule has 2 fully saturated rings. The fraction of sp³-hybridized carbons (Fsp3) is 1.00. The van der Waals surface area contributed by atoms with Crippen molar-refractivity contribution in [3.8, 4) is 0 Å². The van der Waals surface area contributed by atoms with Gasteiger partial charge >= 0.3 is 0 Å². The largest absolute Gasteiger partial charge is 0.378 e. The maximum atomic E-state index is 6.32. The summed E-state index contributed by atoms with van der Waals surface area (Å²) in [7, 11) is 0. The van der Waals surface area contributed by atoms with Gasteiger partial charge in [-0.1, -0.05) is 13.8 Å². The molecule has 1 N–H and O–H groups in total. The zero-order chi connectivity index (χ0) is 15.0. The molecule has 3 nitrogen and oxygen atoms in total. The molecule has 0 aromatic carbocycles. The summed E-state index contributed by atoms with van der Waals surface area (Å²) in [6.07, 6.45) is 3.84. The Morgan fingerprint density at radius 1 is 1.20 bits per heavy atom. The highest BCUT2D eigenvalue weighted by Gasteiger charge is 2.51. The summed E-state index contributed by atoms with van der Waals surface area (Å²) < 4.78 is 12.3. The molecule has 0 spiro atoms. The van der Waals surface area contributed by atoms with E-state index < -0.39 is 0 Å². The fourth-order valence-electron chi connectivity index (χ4n) is 4.49. The average Bonchev–Trinajstić information content (AvgIpc) is 2.87. The van der Waals surface area contributed by atoms with Crippen molar-refractivity contribution in [3.63, 3.8) is 0 Å². The van der Waals surface area contributed by atoms with Crippen LogP contribution in [-0.4, -0.2) is 36.5 Å². The molecule has 2 aliphatic rings. The number of hydrogen-bond acceptors (Lipinski definition) is 3. The maximum absolute atomic E-state index is 6.32. The molecule has 0 radical (unpaired) electrons. The van der Waals surface area contributed by atoms with E-state index in [0.717, 1.165) is 26.0 Å². The van der Waals surface area contributed by atoms with Gasteiger partial charge in [0.2, 0.25) is 0 Å². The van der Waals surface area contributed by atoms with E-state index >= 15 is 0 Å². The number of rotatable bonds is 5. The number of ether oxygens (including phenoxy) is 2. The van der Waals surface area contributed by atoms with E-state index in [1.54, 1.807) is 0 Å². The van der Waals surface area contributed by atoms with Gasteiger partial charge in [0, 0.05) is 24.5 Å². The van der Waals surface area contributed by atoms with Crippen molar-refractivity contribution in [2.24, 2.45) is 11.8 Å². The normalized spacial score (nSPS) is 37.2. The summed E-state index contributed by atoms with van der Waals surface area (Å²) in [4.78, 5) is 0. The highest BCUT2D eigenvalue weighted by atomic mass is 16.5. The van der Waals surface area contributed by atoms with Gasteiger partial charge in [0.15, 0.2) is 0 Å². The molecule has 0 bridgehead atoms. The number of nitrogens with one attached hydrogen (secondary N) is 1. The van der Waals surface area contributed by atoms with Gasteiger partial charge in [0.05, 0.1) is 17.3 Å². The Morgan fingerprint density at radius 3 is 2.40 bits per heavy atom. The lowest BCUT2D eigenvalue weighted by atomic mass is 9.74. The quantitative estimate of drug-likeness (QED) is 0.839. The Kier molecular flexibility index (Phi) is 4.83. The van der Waals surface area contributed by atoms with Crippen LogP contribution in [0.25, 0.3) is 0 Å². The lowest BCUT2D eigenvalue weighted by molar-refractivity contribution is -0.0807. The van der Waals surface area contributed by atoms with Crippen molar-refractivity contribution in [1.82, 2.24) is 5.32 Å². The molecule has 2 rings (SSSR count). The maximum Gasteiger partial charge on any atom is 0.0677 e. The standard InChI is InChI=1S/C17H33NO2/c1-7-14-12(9-10-19-14)15(18-8-2)13-11-16(3,4)20-17(13,5)6/h12-15,18H,7-11H2,1-6H3. The summed E-state index contributed by atoms with van der Waals surface area (Å²) in [5, 5.41) is 3.76. The molecular weight excluding hydrogens is 250 g/mol. The van der Waals surface area contributed by atoms with Gasteiger partial charge in [-0.2, -0.15) is 0 Å². The van der Waals surface area contributed by atoms with Crippen LogP contribution in [0.2, 0.25) is 0 Å². The van der Waals surface area contributed by atoms with Crippen LogP contribution < -0.4 is 5.32 Å². The summed E-state index contributed by atoms with van der Waals surface area (Å²) in [5.74, 6) is 1.18. The Balaban J connectivity index is 2.20. The second-order valence-corrected chi connectivity index (χ2v) is 7.63. The number of hydrogen-bond donors (Lipinski definition) is 1. The highest BCUT2D eigenvalue weighted by Crippen LogP contribution is 2.46. The lowest BCUT2D eigenvalue weighted by Crippen LogP contribution is -2.50. The van der Waals surface area contributed by atoms with E-state index in [2.05, 4.69) is 46.9 Å². The van der Waals surface area contributed by atoms with Gasteiger partial charge in [0.1, 0.15) is 0 Å². The first kappa shape index (κ1) is 16.3. The van der Waals surface area contributed by atoms with Crippen molar-refractivity contribution in [2.75, 3.05) is 13.2 Å². The minimum atomic E-state index is -0.0583. The summed E-state index contributed by atoms with van der Waals surface area (Å²) in [6.45, 7) is 15.3. The van der Waals surface area contributed by atoms with E-state index in [0.29, 0.717) is 24.0 Å². The van der Waals surface area contributed by atoms with E-state index in [1.807, 2.05) is 0 Å². The molecule has 0 aromatic rings. The minimum absolute atomic E-state index is 0.0109. The Bertz CT molecular complexity index is 327. The minimum Gasteiger partial charge on any atom is -0.378 e. The molecule has 0 amide bonds. The van der Waals surface area contributed by atoms with Crippen LogP contribution in [0.5, 0.6) is 0 Å². The third-order valence-corrected chi connectivity index (χ3v) is 5.14. The van der Waals surface area contributed by atoms with Gasteiger partial charge in [-0.25, -0.2) is 0 Å². The topological polar surface area (TPSA) is 30.5 Å².